The standard InChI is InChI=1S/C20H27N5O2/c1-15(2)25-13-12-24(14-17(25)19(21)27)18(26)8-10-23-11-9-22-20(23)16-6-4-3-5-7-16/h3-7,9,11,15,17H,8,10,12-14H2,1-2H3,(H2,21,27)/t17-/m0/s1. The molecule has 1 atom stereocenters. The maximum atomic E-state index is 12.7. The number of carbonyl (C=O) groups is 2. The van der Waals surface area contributed by atoms with E-state index in [0.29, 0.717) is 32.6 Å². The van der Waals surface area contributed by atoms with Crippen LogP contribution in [0.15, 0.2) is 42.7 Å². The predicted octanol–water partition coefficient (Wildman–Crippen LogP) is 1.35. The number of aryl methyl sites for hydroxylation is 1. The van der Waals surface area contributed by atoms with E-state index < -0.39 is 6.04 Å². The molecule has 2 amide bonds. The van der Waals surface area contributed by atoms with Crippen LogP contribution in [0.2, 0.25) is 0 Å². The molecule has 1 aromatic heterocycles. The average molecular weight is 369 g/mol. The van der Waals surface area contributed by atoms with Crippen molar-refractivity contribution in [3.05, 3.63) is 42.7 Å². The molecule has 1 aliphatic rings. The van der Waals surface area contributed by atoms with Crippen LogP contribution in [0, 0.1) is 0 Å². The Morgan fingerprint density at radius 2 is 1.96 bits per heavy atom. The van der Waals surface area contributed by atoms with Gasteiger partial charge in [-0.15, -0.1) is 0 Å². The number of primary amides is 1. The zero-order valence-corrected chi connectivity index (χ0v) is 15.9. The molecule has 7 nitrogen and oxygen atoms in total. The summed E-state index contributed by atoms with van der Waals surface area (Å²) in [4.78, 5) is 32.8. The second kappa shape index (κ2) is 8.35. The average Bonchev–Trinajstić information content (AvgIpc) is 3.14. The van der Waals surface area contributed by atoms with Gasteiger partial charge in [0.1, 0.15) is 11.9 Å². The van der Waals surface area contributed by atoms with E-state index in [1.165, 1.54) is 0 Å². The van der Waals surface area contributed by atoms with Gasteiger partial charge in [0.2, 0.25) is 11.8 Å². The molecular formula is C20H27N5O2. The highest BCUT2D eigenvalue weighted by Gasteiger charge is 2.34. The van der Waals surface area contributed by atoms with E-state index in [2.05, 4.69) is 9.88 Å². The van der Waals surface area contributed by atoms with E-state index in [0.717, 1.165) is 11.4 Å². The number of nitrogens with two attached hydrogens (primary N) is 1. The number of amides is 2. The van der Waals surface area contributed by atoms with Crippen LogP contribution in [-0.2, 0) is 16.1 Å². The van der Waals surface area contributed by atoms with Gasteiger partial charge < -0.3 is 15.2 Å². The molecule has 0 aliphatic carbocycles. The van der Waals surface area contributed by atoms with Gasteiger partial charge in [0, 0.05) is 56.6 Å². The molecule has 7 heteroatoms. The van der Waals surface area contributed by atoms with Crippen molar-refractivity contribution in [2.75, 3.05) is 19.6 Å². The summed E-state index contributed by atoms with van der Waals surface area (Å²) in [5, 5.41) is 0. The van der Waals surface area contributed by atoms with Crippen molar-refractivity contribution in [2.45, 2.75) is 38.9 Å². The molecule has 2 aromatic rings. The first-order valence-electron chi connectivity index (χ1n) is 9.36. The van der Waals surface area contributed by atoms with Gasteiger partial charge in [0.25, 0.3) is 0 Å². The van der Waals surface area contributed by atoms with Crippen LogP contribution in [0.3, 0.4) is 0 Å². The fourth-order valence-corrected chi connectivity index (χ4v) is 3.61. The van der Waals surface area contributed by atoms with Gasteiger partial charge in [-0.1, -0.05) is 30.3 Å². The summed E-state index contributed by atoms with van der Waals surface area (Å²) in [5.74, 6) is 0.516. The smallest absolute Gasteiger partial charge is 0.236 e. The molecule has 0 spiro atoms. The topological polar surface area (TPSA) is 84.5 Å². The SMILES string of the molecule is CC(C)N1CCN(C(=O)CCn2ccnc2-c2ccccc2)C[C@H]1C(N)=O. The Labute approximate surface area is 159 Å². The van der Waals surface area contributed by atoms with Gasteiger partial charge in [-0.3, -0.25) is 14.5 Å². The van der Waals surface area contributed by atoms with Gasteiger partial charge >= 0.3 is 0 Å². The molecule has 3 rings (SSSR count). The lowest BCUT2D eigenvalue weighted by Gasteiger charge is -2.42. The Kier molecular flexibility index (Phi) is 5.91. The Bertz CT molecular complexity index is 787. The maximum absolute atomic E-state index is 12.7. The third kappa shape index (κ3) is 4.36. The van der Waals surface area contributed by atoms with E-state index >= 15 is 0 Å². The molecule has 1 fully saturated rings. The first kappa shape index (κ1) is 19.1. The summed E-state index contributed by atoms with van der Waals surface area (Å²) in [6.07, 6.45) is 4.00. The summed E-state index contributed by atoms with van der Waals surface area (Å²) in [6, 6.07) is 9.71. The van der Waals surface area contributed by atoms with Crippen LogP contribution < -0.4 is 5.73 Å². The molecule has 0 bridgehead atoms. The summed E-state index contributed by atoms with van der Waals surface area (Å²) < 4.78 is 1.99. The zero-order chi connectivity index (χ0) is 19.4. The van der Waals surface area contributed by atoms with Crippen molar-refractivity contribution in [3.8, 4) is 11.4 Å². The van der Waals surface area contributed by atoms with Crippen molar-refractivity contribution in [1.29, 1.82) is 0 Å². The molecule has 1 aromatic carbocycles. The lowest BCUT2D eigenvalue weighted by molar-refractivity contribution is -0.138. The quantitative estimate of drug-likeness (QED) is 0.833. The molecule has 1 saturated heterocycles. The molecule has 2 N–H and O–H groups in total. The normalized spacial score (nSPS) is 18.0. The number of nitrogens with zero attached hydrogens (tertiary/aromatic N) is 4. The summed E-state index contributed by atoms with van der Waals surface area (Å²) >= 11 is 0. The number of hydrogen-bond donors (Lipinski definition) is 1. The second-order valence-corrected chi connectivity index (χ2v) is 7.15. The lowest BCUT2D eigenvalue weighted by atomic mass is 10.1. The summed E-state index contributed by atoms with van der Waals surface area (Å²) in [5.41, 5.74) is 6.58. The fraction of sp³-hybridized carbons (Fsp3) is 0.450. The minimum absolute atomic E-state index is 0.0392. The number of benzene rings is 1. The number of imidazole rings is 1. The van der Waals surface area contributed by atoms with E-state index in [-0.39, 0.29) is 17.9 Å². The Hall–Kier alpha value is -2.67. The van der Waals surface area contributed by atoms with Crippen molar-refractivity contribution in [1.82, 2.24) is 19.4 Å². The van der Waals surface area contributed by atoms with Crippen LogP contribution in [0.4, 0.5) is 0 Å². The predicted molar refractivity (Wildman–Crippen MR) is 104 cm³/mol. The van der Waals surface area contributed by atoms with Gasteiger partial charge in [-0.05, 0) is 13.8 Å². The number of piperazine rings is 1. The molecule has 0 radical (unpaired) electrons. The first-order chi connectivity index (χ1) is 13.0. The summed E-state index contributed by atoms with van der Waals surface area (Å²) in [6.45, 7) is 6.28. The Balaban J connectivity index is 1.62. The maximum Gasteiger partial charge on any atom is 0.236 e. The van der Waals surface area contributed by atoms with Crippen molar-refractivity contribution in [3.63, 3.8) is 0 Å². The Morgan fingerprint density at radius 1 is 1.22 bits per heavy atom. The third-order valence-corrected chi connectivity index (χ3v) is 5.08. The first-order valence-corrected chi connectivity index (χ1v) is 9.36. The van der Waals surface area contributed by atoms with Crippen molar-refractivity contribution >= 4 is 11.8 Å². The Morgan fingerprint density at radius 3 is 2.63 bits per heavy atom. The van der Waals surface area contributed by atoms with Crippen LogP contribution in [0.25, 0.3) is 11.4 Å². The van der Waals surface area contributed by atoms with E-state index in [9.17, 15) is 9.59 Å². The highest BCUT2D eigenvalue weighted by molar-refractivity contribution is 5.82. The van der Waals surface area contributed by atoms with Crippen LogP contribution in [0.5, 0.6) is 0 Å². The monoisotopic (exact) mass is 369 g/mol. The zero-order valence-electron chi connectivity index (χ0n) is 15.9. The van der Waals surface area contributed by atoms with Crippen LogP contribution in [0.1, 0.15) is 20.3 Å². The molecule has 2 heterocycles. The van der Waals surface area contributed by atoms with E-state index in [1.54, 1.807) is 11.1 Å². The highest BCUT2D eigenvalue weighted by atomic mass is 16.2. The number of rotatable bonds is 6. The van der Waals surface area contributed by atoms with Crippen molar-refractivity contribution in [2.24, 2.45) is 5.73 Å². The van der Waals surface area contributed by atoms with Gasteiger partial charge in [0.05, 0.1) is 0 Å². The molecule has 0 unspecified atom stereocenters. The molecular weight excluding hydrogens is 342 g/mol. The largest absolute Gasteiger partial charge is 0.368 e. The van der Waals surface area contributed by atoms with Crippen LogP contribution in [-0.4, -0.2) is 62.9 Å². The minimum Gasteiger partial charge on any atom is -0.368 e. The lowest BCUT2D eigenvalue weighted by Crippen LogP contribution is -2.61. The van der Waals surface area contributed by atoms with Gasteiger partial charge in [0.15, 0.2) is 0 Å². The fourth-order valence-electron chi connectivity index (χ4n) is 3.61. The molecule has 27 heavy (non-hydrogen) atoms. The number of aromatic nitrogens is 2. The van der Waals surface area contributed by atoms with E-state index in [1.807, 2.05) is 54.9 Å². The van der Waals surface area contributed by atoms with Gasteiger partial charge in [-0.2, -0.15) is 0 Å². The molecule has 0 saturated carbocycles. The van der Waals surface area contributed by atoms with Crippen LogP contribution >= 0.6 is 0 Å². The summed E-state index contributed by atoms with van der Waals surface area (Å²) in [7, 11) is 0. The number of carbonyl (C=O) groups excluding carboxylic acids is 2. The molecule has 144 valence electrons. The van der Waals surface area contributed by atoms with Gasteiger partial charge in [-0.25, -0.2) is 4.98 Å². The van der Waals surface area contributed by atoms with Crippen molar-refractivity contribution < 1.29 is 9.59 Å². The number of hydrogen-bond acceptors (Lipinski definition) is 4. The minimum atomic E-state index is -0.421. The highest BCUT2D eigenvalue weighted by Crippen LogP contribution is 2.18. The third-order valence-electron chi connectivity index (χ3n) is 5.08. The van der Waals surface area contributed by atoms with E-state index in [4.69, 9.17) is 5.73 Å². The second-order valence-electron chi connectivity index (χ2n) is 7.15. The molecule has 1 aliphatic heterocycles.